The molecule has 2 aromatic carbocycles. The highest BCUT2D eigenvalue weighted by Gasteiger charge is 2.23. The Bertz CT molecular complexity index is 552. The summed E-state index contributed by atoms with van der Waals surface area (Å²) < 4.78 is 13.6. The second-order valence-electron chi connectivity index (χ2n) is 4.70. The zero-order valence-electron chi connectivity index (χ0n) is 10.2. The Morgan fingerprint density at radius 1 is 1.17 bits per heavy atom. The molecule has 0 aliphatic carbocycles. The van der Waals surface area contributed by atoms with Crippen LogP contribution in [-0.2, 0) is 12.0 Å². The van der Waals surface area contributed by atoms with Crippen LogP contribution in [0.2, 0.25) is 5.02 Å². The molecule has 0 spiro atoms. The van der Waals surface area contributed by atoms with Crippen LogP contribution in [0.1, 0.15) is 18.1 Å². The van der Waals surface area contributed by atoms with E-state index in [9.17, 15) is 4.39 Å². The minimum atomic E-state index is -0.646. The molecular formula is C15H15ClFN. The van der Waals surface area contributed by atoms with Gasteiger partial charge >= 0.3 is 0 Å². The van der Waals surface area contributed by atoms with Gasteiger partial charge in [-0.3, -0.25) is 0 Å². The third-order valence-electron chi connectivity index (χ3n) is 3.00. The molecule has 0 saturated carbocycles. The van der Waals surface area contributed by atoms with Crippen LogP contribution in [0, 0.1) is 5.82 Å². The lowest BCUT2D eigenvalue weighted by Crippen LogP contribution is -2.35. The lowest BCUT2D eigenvalue weighted by Gasteiger charge is -2.25. The van der Waals surface area contributed by atoms with Crippen LogP contribution in [0.3, 0.4) is 0 Å². The fourth-order valence-corrected chi connectivity index (χ4v) is 2.17. The standard InChI is InChI=1S/C15H15ClFN/c1-15(18,12-6-4-7-13(16)9-12)10-11-5-2-3-8-14(11)17/h2-9H,10,18H2,1H3. The van der Waals surface area contributed by atoms with Crippen LogP contribution in [0.25, 0.3) is 0 Å². The second-order valence-corrected chi connectivity index (χ2v) is 5.13. The molecule has 0 heterocycles. The van der Waals surface area contributed by atoms with Crippen molar-refractivity contribution in [2.45, 2.75) is 18.9 Å². The minimum absolute atomic E-state index is 0.226. The highest BCUT2D eigenvalue weighted by Crippen LogP contribution is 2.25. The van der Waals surface area contributed by atoms with Gasteiger partial charge in [0, 0.05) is 10.6 Å². The maximum absolute atomic E-state index is 13.6. The van der Waals surface area contributed by atoms with Crippen molar-refractivity contribution in [2.75, 3.05) is 0 Å². The molecule has 2 N–H and O–H groups in total. The minimum Gasteiger partial charge on any atom is -0.321 e. The third kappa shape index (κ3) is 2.89. The summed E-state index contributed by atoms with van der Waals surface area (Å²) in [6.45, 7) is 1.88. The number of halogens is 2. The van der Waals surface area contributed by atoms with E-state index in [1.807, 2.05) is 31.2 Å². The zero-order chi connectivity index (χ0) is 13.2. The van der Waals surface area contributed by atoms with Gasteiger partial charge in [0.2, 0.25) is 0 Å². The van der Waals surface area contributed by atoms with Crippen molar-refractivity contribution in [3.05, 3.63) is 70.5 Å². The molecular weight excluding hydrogens is 249 g/mol. The molecule has 3 heteroatoms. The van der Waals surface area contributed by atoms with Crippen molar-refractivity contribution in [2.24, 2.45) is 5.73 Å². The van der Waals surface area contributed by atoms with Crippen molar-refractivity contribution >= 4 is 11.6 Å². The molecule has 0 aromatic heterocycles. The molecule has 94 valence electrons. The van der Waals surface area contributed by atoms with E-state index in [1.54, 1.807) is 18.2 Å². The summed E-state index contributed by atoms with van der Waals surface area (Å²) in [5.74, 6) is -0.226. The number of benzene rings is 2. The predicted octanol–water partition coefficient (Wildman–Crippen LogP) is 3.90. The summed E-state index contributed by atoms with van der Waals surface area (Å²) in [7, 11) is 0. The first-order valence-electron chi connectivity index (χ1n) is 5.77. The van der Waals surface area contributed by atoms with E-state index in [-0.39, 0.29) is 5.82 Å². The lowest BCUT2D eigenvalue weighted by atomic mass is 9.86. The quantitative estimate of drug-likeness (QED) is 0.893. The SMILES string of the molecule is CC(N)(Cc1ccccc1F)c1cccc(Cl)c1. The summed E-state index contributed by atoms with van der Waals surface area (Å²) in [6, 6.07) is 14.1. The summed E-state index contributed by atoms with van der Waals surface area (Å²) in [5.41, 5.74) is 7.15. The average molecular weight is 264 g/mol. The van der Waals surface area contributed by atoms with Crippen LogP contribution >= 0.6 is 11.6 Å². The summed E-state index contributed by atoms with van der Waals surface area (Å²) in [4.78, 5) is 0. The maximum atomic E-state index is 13.6. The first-order chi connectivity index (χ1) is 8.49. The van der Waals surface area contributed by atoms with Crippen molar-refractivity contribution in [3.8, 4) is 0 Å². The van der Waals surface area contributed by atoms with Crippen LogP contribution in [0.5, 0.6) is 0 Å². The Hall–Kier alpha value is -1.38. The van der Waals surface area contributed by atoms with Crippen LogP contribution in [0.15, 0.2) is 48.5 Å². The van der Waals surface area contributed by atoms with Gasteiger partial charge in [0.05, 0.1) is 0 Å². The average Bonchev–Trinajstić information content (AvgIpc) is 2.32. The Labute approximate surface area is 111 Å². The monoisotopic (exact) mass is 263 g/mol. The van der Waals surface area contributed by atoms with E-state index in [0.29, 0.717) is 17.0 Å². The number of hydrogen-bond donors (Lipinski definition) is 1. The molecule has 18 heavy (non-hydrogen) atoms. The van der Waals surface area contributed by atoms with Gasteiger partial charge < -0.3 is 5.73 Å². The molecule has 0 aliphatic heterocycles. The summed E-state index contributed by atoms with van der Waals surface area (Å²) in [5, 5.41) is 0.637. The Morgan fingerprint density at radius 3 is 2.56 bits per heavy atom. The van der Waals surface area contributed by atoms with E-state index in [4.69, 9.17) is 17.3 Å². The van der Waals surface area contributed by atoms with Gasteiger partial charge in [-0.25, -0.2) is 4.39 Å². The number of nitrogens with two attached hydrogens (primary N) is 1. The van der Waals surface area contributed by atoms with Crippen molar-refractivity contribution < 1.29 is 4.39 Å². The van der Waals surface area contributed by atoms with E-state index in [1.165, 1.54) is 6.07 Å². The molecule has 0 amide bonds. The molecule has 2 rings (SSSR count). The number of hydrogen-bond acceptors (Lipinski definition) is 1. The molecule has 0 fully saturated rings. The third-order valence-corrected chi connectivity index (χ3v) is 3.23. The highest BCUT2D eigenvalue weighted by atomic mass is 35.5. The fraction of sp³-hybridized carbons (Fsp3) is 0.200. The van der Waals surface area contributed by atoms with E-state index in [0.717, 1.165) is 5.56 Å². The molecule has 1 nitrogen and oxygen atoms in total. The maximum Gasteiger partial charge on any atom is 0.126 e. The van der Waals surface area contributed by atoms with E-state index >= 15 is 0 Å². The number of rotatable bonds is 3. The first-order valence-corrected chi connectivity index (χ1v) is 6.15. The molecule has 0 bridgehead atoms. The van der Waals surface area contributed by atoms with Gasteiger partial charge in [-0.15, -0.1) is 0 Å². The highest BCUT2D eigenvalue weighted by molar-refractivity contribution is 6.30. The molecule has 0 radical (unpaired) electrons. The van der Waals surface area contributed by atoms with Gasteiger partial charge in [0.25, 0.3) is 0 Å². The summed E-state index contributed by atoms with van der Waals surface area (Å²) in [6.07, 6.45) is 0.431. The zero-order valence-corrected chi connectivity index (χ0v) is 10.9. The Kier molecular flexibility index (Phi) is 3.69. The molecule has 2 aromatic rings. The van der Waals surface area contributed by atoms with Gasteiger partial charge in [0.15, 0.2) is 0 Å². The topological polar surface area (TPSA) is 26.0 Å². The first kappa shape index (κ1) is 13.1. The lowest BCUT2D eigenvalue weighted by molar-refractivity contribution is 0.475. The van der Waals surface area contributed by atoms with Crippen LogP contribution < -0.4 is 5.73 Å². The van der Waals surface area contributed by atoms with Crippen molar-refractivity contribution in [1.82, 2.24) is 0 Å². The normalized spacial score (nSPS) is 14.2. The second kappa shape index (κ2) is 5.09. The van der Waals surface area contributed by atoms with Gasteiger partial charge in [-0.1, -0.05) is 41.9 Å². The Morgan fingerprint density at radius 2 is 1.89 bits per heavy atom. The van der Waals surface area contributed by atoms with Crippen LogP contribution in [0.4, 0.5) is 4.39 Å². The predicted molar refractivity (Wildman–Crippen MR) is 73.1 cm³/mol. The van der Waals surface area contributed by atoms with Gasteiger partial charge in [0.1, 0.15) is 5.82 Å². The van der Waals surface area contributed by atoms with E-state index in [2.05, 4.69) is 0 Å². The van der Waals surface area contributed by atoms with Gasteiger partial charge in [-0.2, -0.15) is 0 Å². The van der Waals surface area contributed by atoms with Crippen LogP contribution in [-0.4, -0.2) is 0 Å². The fourth-order valence-electron chi connectivity index (χ4n) is 1.98. The van der Waals surface area contributed by atoms with E-state index < -0.39 is 5.54 Å². The summed E-state index contributed by atoms with van der Waals surface area (Å²) >= 11 is 5.96. The molecule has 0 aliphatic rings. The smallest absolute Gasteiger partial charge is 0.126 e. The molecule has 1 unspecified atom stereocenters. The van der Waals surface area contributed by atoms with Crippen molar-refractivity contribution in [3.63, 3.8) is 0 Å². The largest absolute Gasteiger partial charge is 0.321 e. The van der Waals surface area contributed by atoms with Crippen molar-refractivity contribution in [1.29, 1.82) is 0 Å². The molecule has 1 atom stereocenters. The van der Waals surface area contributed by atoms with Gasteiger partial charge in [-0.05, 0) is 42.7 Å². The Balaban J connectivity index is 2.30. The molecule has 0 saturated heterocycles.